The third-order valence-electron chi connectivity index (χ3n) is 3.17. The fraction of sp³-hybridized carbons (Fsp3) is 0.333. The Hall–Kier alpha value is -1.71. The number of esters is 1. The summed E-state index contributed by atoms with van der Waals surface area (Å²) in [6.07, 6.45) is 1.91. The fourth-order valence-electron chi connectivity index (χ4n) is 2.29. The van der Waals surface area contributed by atoms with Gasteiger partial charge in [-0.2, -0.15) is 5.26 Å². The molecule has 4 nitrogen and oxygen atoms in total. The summed E-state index contributed by atoms with van der Waals surface area (Å²) >= 11 is 3.01. The van der Waals surface area contributed by atoms with Gasteiger partial charge >= 0.3 is 5.97 Å². The largest absolute Gasteiger partial charge is 0.463 e. The van der Waals surface area contributed by atoms with Crippen molar-refractivity contribution in [1.82, 2.24) is 5.32 Å². The van der Waals surface area contributed by atoms with Crippen LogP contribution in [0.1, 0.15) is 24.6 Å². The van der Waals surface area contributed by atoms with Gasteiger partial charge in [0.15, 0.2) is 0 Å². The minimum atomic E-state index is -0.367. The number of ether oxygens (including phenoxy) is 1. The number of thiophene rings is 1. The zero-order valence-electron chi connectivity index (χ0n) is 12.1. The summed E-state index contributed by atoms with van der Waals surface area (Å²) in [6, 6.07) is 6.12. The minimum absolute atomic E-state index is 0.313. The molecule has 0 bridgehead atoms. The number of nitrogens with zero attached hydrogens (tertiary/aromatic N) is 1. The number of nitrogens with one attached hydrogen (secondary N) is 1. The van der Waals surface area contributed by atoms with Crippen molar-refractivity contribution in [2.75, 3.05) is 12.9 Å². The van der Waals surface area contributed by atoms with Gasteiger partial charge in [-0.25, -0.2) is 4.79 Å². The number of allylic oxidation sites excluding steroid dienone is 2. The Bertz CT molecular complexity index is 639. The predicted molar refractivity (Wildman–Crippen MR) is 85.7 cm³/mol. The lowest BCUT2D eigenvalue weighted by molar-refractivity contribution is -0.138. The highest BCUT2D eigenvalue weighted by Crippen LogP contribution is 2.41. The molecular weight excluding hydrogens is 304 g/mol. The highest BCUT2D eigenvalue weighted by atomic mass is 32.2. The van der Waals surface area contributed by atoms with Crippen LogP contribution in [0.15, 0.2) is 39.4 Å². The molecule has 1 aliphatic rings. The Balaban J connectivity index is 2.57. The third-order valence-corrected chi connectivity index (χ3v) is 4.84. The van der Waals surface area contributed by atoms with Crippen LogP contribution in [0.2, 0.25) is 0 Å². The van der Waals surface area contributed by atoms with Gasteiger partial charge in [0.25, 0.3) is 0 Å². The van der Waals surface area contributed by atoms with E-state index in [1.165, 1.54) is 23.1 Å². The fourth-order valence-corrected chi connectivity index (χ4v) is 3.77. The minimum Gasteiger partial charge on any atom is -0.463 e. The monoisotopic (exact) mass is 320 g/mol. The maximum Gasteiger partial charge on any atom is 0.336 e. The van der Waals surface area contributed by atoms with Crippen LogP contribution >= 0.6 is 23.1 Å². The van der Waals surface area contributed by atoms with Crippen LogP contribution in [0, 0.1) is 11.3 Å². The van der Waals surface area contributed by atoms with Gasteiger partial charge < -0.3 is 10.1 Å². The standard InChI is InChI=1S/C15H16N2O2S2/c1-4-19-15(18)12-9(2)17-14(20-3)10(8-16)13(12)11-6-5-7-21-11/h5-7,13,17H,4H2,1-3H3/t13-/m1/s1. The van der Waals surface area contributed by atoms with E-state index in [0.29, 0.717) is 17.8 Å². The molecule has 0 saturated carbocycles. The smallest absolute Gasteiger partial charge is 0.336 e. The number of rotatable bonds is 4. The molecule has 1 N–H and O–H groups in total. The molecule has 0 radical (unpaired) electrons. The number of nitriles is 1. The molecule has 1 atom stereocenters. The van der Waals surface area contributed by atoms with Crippen LogP contribution < -0.4 is 5.32 Å². The number of dihydropyridines is 1. The van der Waals surface area contributed by atoms with Crippen LogP contribution in [0.3, 0.4) is 0 Å². The number of carbonyl (C=O) groups excluding carboxylic acids is 1. The highest BCUT2D eigenvalue weighted by molar-refractivity contribution is 8.02. The molecule has 1 aromatic heterocycles. The van der Waals surface area contributed by atoms with E-state index in [1.54, 1.807) is 6.92 Å². The zero-order chi connectivity index (χ0) is 15.4. The molecule has 1 aromatic rings. The second-order valence-electron chi connectivity index (χ2n) is 4.39. The first-order valence-electron chi connectivity index (χ1n) is 6.50. The average Bonchev–Trinajstić information content (AvgIpc) is 2.99. The first-order valence-corrected chi connectivity index (χ1v) is 8.61. The van der Waals surface area contributed by atoms with Crippen molar-refractivity contribution in [3.8, 4) is 6.07 Å². The van der Waals surface area contributed by atoms with Gasteiger partial charge in [0.1, 0.15) is 0 Å². The van der Waals surface area contributed by atoms with Crippen molar-refractivity contribution >= 4 is 29.1 Å². The summed E-state index contributed by atoms with van der Waals surface area (Å²) in [4.78, 5) is 13.3. The molecule has 2 heterocycles. The van der Waals surface area contributed by atoms with E-state index < -0.39 is 0 Å². The Labute approximate surface area is 132 Å². The normalized spacial score (nSPS) is 18.3. The summed E-state index contributed by atoms with van der Waals surface area (Å²) in [5.74, 6) is -0.716. The molecule has 0 spiro atoms. The van der Waals surface area contributed by atoms with E-state index >= 15 is 0 Å². The van der Waals surface area contributed by atoms with E-state index in [1.807, 2.05) is 30.7 Å². The van der Waals surface area contributed by atoms with E-state index in [-0.39, 0.29) is 11.9 Å². The summed E-state index contributed by atoms with van der Waals surface area (Å²) in [5.41, 5.74) is 1.84. The first kappa shape index (κ1) is 15.7. The van der Waals surface area contributed by atoms with Gasteiger partial charge in [-0.1, -0.05) is 6.07 Å². The van der Waals surface area contributed by atoms with Crippen molar-refractivity contribution in [2.45, 2.75) is 19.8 Å². The van der Waals surface area contributed by atoms with Gasteiger partial charge in [-0.15, -0.1) is 23.1 Å². The van der Waals surface area contributed by atoms with Crippen LogP contribution in [-0.2, 0) is 9.53 Å². The number of carbonyl (C=O) groups is 1. The van der Waals surface area contributed by atoms with Crippen molar-refractivity contribution < 1.29 is 9.53 Å². The lowest BCUT2D eigenvalue weighted by atomic mass is 9.87. The lowest BCUT2D eigenvalue weighted by Crippen LogP contribution is -2.28. The van der Waals surface area contributed by atoms with Crippen LogP contribution in [-0.4, -0.2) is 18.8 Å². The van der Waals surface area contributed by atoms with Crippen molar-refractivity contribution in [1.29, 1.82) is 5.26 Å². The molecule has 0 amide bonds. The van der Waals surface area contributed by atoms with Crippen molar-refractivity contribution in [3.05, 3.63) is 44.3 Å². The highest BCUT2D eigenvalue weighted by Gasteiger charge is 2.35. The summed E-state index contributed by atoms with van der Waals surface area (Å²) < 4.78 is 5.17. The summed E-state index contributed by atoms with van der Waals surface area (Å²) in [6.45, 7) is 3.93. The van der Waals surface area contributed by atoms with Crippen LogP contribution in [0.25, 0.3) is 0 Å². The Morgan fingerprint density at radius 3 is 2.90 bits per heavy atom. The van der Waals surface area contributed by atoms with Gasteiger partial charge in [0.05, 0.1) is 34.8 Å². The van der Waals surface area contributed by atoms with Gasteiger partial charge in [-0.05, 0) is 31.5 Å². The Kier molecular flexibility index (Phi) is 5.10. The summed E-state index contributed by atoms with van der Waals surface area (Å²) in [7, 11) is 0. The molecule has 21 heavy (non-hydrogen) atoms. The maximum absolute atomic E-state index is 12.3. The molecule has 0 aliphatic carbocycles. The Morgan fingerprint density at radius 2 is 2.38 bits per heavy atom. The molecule has 6 heteroatoms. The van der Waals surface area contributed by atoms with E-state index in [0.717, 1.165) is 15.6 Å². The van der Waals surface area contributed by atoms with Crippen LogP contribution in [0.4, 0.5) is 0 Å². The molecule has 1 aliphatic heterocycles. The molecule has 110 valence electrons. The van der Waals surface area contributed by atoms with Crippen molar-refractivity contribution in [2.24, 2.45) is 0 Å². The number of thioether (sulfide) groups is 1. The second-order valence-corrected chi connectivity index (χ2v) is 6.19. The quantitative estimate of drug-likeness (QED) is 0.862. The first-order chi connectivity index (χ1) is 10.1. The zero-order valence-corrected chi connectivity index (χ0v) is 13.7. The molecule has 2 rings (SSSR count). The lowest BCUT2D eigenvalue weighted by Gasteiger charge is -2.27. The number of hydrogen-bond donors (Lipinski definition) is 1. The third kappa shape index (κ3) is 2.99. The van der Waals surface area contributed by atoms with Gasteiger partial charge in [-0.3, -0.25) is 0 Å². The molecule has 0 unspecified atom stereocenters. The number of hydrogen-bond acceptors (Lipinski definition) is 6. The van der Waals surface area contributed by atoms with E-state index in [4.69, 9.17) is 4.74 Å². The topological polar surface area (TPSA) is 62.1 Å². The predicted octanol–water partition coefficient (Wildman–Crippen LogP) is 3.37. The van der Waals surface area contributed by atoms with Gasteiger partial charge in [0.2, 0.25) is 0 Å². The van der Waals surface area contributed by atoms with Crippen LogP contribution in [0.5, 0.6) is 0 Å². The average molecular weight is 320 g/mol. The molecule has 0 fully saturated rings. The van der Waals surface area contributed by atoms with Gasteiger partial charge in [0, 0.05) is 10.6 Å². The maximum atomic E-state index is 12.3. The van der Waals surface area contributed by atoms with Crippen molar-refractivity contribution in [3.63, 3.8) is 0 Å². The molecule has 0 aromatic carbocycles. The van der Waals surface area contributed by atoms with E-state index in [2.05, 4.69) is 11.4 Å². The summed E-state index contributed by atoms with van der Waals surface area (Å²) in [5, 5.41) is 15.4. The molecular formula is C15H16N2O2S2. The molecule has 0 saturated heterocycles. The SMILES string of the molecule is CCOC(=O)C1=C(C)NC(SC)=C(C#N)[C@@H]1c1cccs1. The second kappa shape index (κ2) is 6.83. The Morgan fingerprint density at radius 1 is 1.62 bits per heavy atom. The van der Waals surface area contributed by atoms with E-state index in [9.17, 15) is 10.1 Å².